The summed E-state index contributed by atoms with van der Waals surface area (Å²) >= 11 is 0. The van der Waals surface area contributed by atoms with Crippen molar-refractivity contribution in [3.8, 4) is 11.1 Å². The molecule has 1 saturated heterocycles. The van der Waals surface area contributed by atoms with Gasteiger partial charge >= 0.3 is 5.69 Å². The van der Waals surface area contributed by atoms with E-state index >= 15 is 0 Å². The Labute approximate surface area is 197 Å². The molecule has 1 aliphatic heterocycles. The lowest BCUT2D eigenvalue weighted by atomic mass is 10.00. The number of H-pyrrole nitrogens is 1. The minimum absolute atomic E-state index is 0.0217. The molecule has 1 fully saturated rings. The molecule has 6 rings (SSSR count). The Morgan fingerprint density at radius 1 is 1.18 bits per heavy atom. The molecule has 4 aromatic heterocycles. The lowest BCUT2D eigenvalue weighted by Crippen LogP contribution is -2.35. The van der Waals surface area contributed by atoms with E-state index in [1.54, 1.807) is 7.11 Å². The zero-order valence-electron chi connectivity index (χ0n) is 19.4. The Bertz CT molecular complexity index is 1430. The van der Waals surface area contributed by atoms with Gasteiger partial charge in [0.25, 0.3) is 0 Å². The third-order valence-electron chi connectivity index (χ3n) is 7.09. The van der Waals surface area contributed by atoms with E-state index in [2.05, 4.69) is 28.2 Å². The SMILES string of the molecule is CO[C@@H]1COC[C@H](Cn2c(=O)n(C3=CCCCC3)c3ncc(-c4cnc5[nH]ccc5c4)cc32)C1. The van der Waals surface area contributed by atoms with Crippen LogP contribution in [0.15, 0.2) is 47.7 Å². The second-order valence-corrected chi connectivity index (χ2v) is 9.37. The van der Waals surface area contributed by atoms with E-state index in [0.29, 0.717) is 19.8 Å². The van der Waals surface area contributed by atoms with Gasteiger partial charge in [-0.2, -0.15) is 0 Å². The van der Waals surface area contributed by atoms with E-state index in [4.69, 9.17) is 14.5 Å². The van der Waals surface area contributed by atoms with Crippen LogP contribution < -0.4 is 5.69 Å². The average Bonchev–Trinajstić information content (AvgIpc) is 3.46. The lowest BCUT2D eigenvalue weighted by molar-refractivity contribution is -0.0586. The monoisotopic (exact) mass is 459 g/mol. The lowest BCUT2D eigenvalue weighted by Gasteiger charge is -2.28. The van der Waals surface area contributed by atoms with Gasteiger partial charge in [-0.25, -0.2) is 19.3 Å². The highest BCUT2D eigenvalue weighted by atomic mass is 16.5. The number of aromatic amines is 1. The van der Waals surface area contributed by atoms with Crippen LogP contribution in [0.1, 0.15) is 32.1 Å². The molecule has 5 heterocycles. The largest absolute Gasteiger partial charge is 0.379 e. The number of allylic oxidation sites excluding steroid dienone is 2. The van der Waals surface area contributed by atoms with Gasteiger partial charge in [0.2, 0.25) is 0 Å². The molecule has 2 atom stereocenters. The number of methoxy groups -OCH3 is 1. The highest BCUT2D eigenvalue weighted by molar-refractivity contribution is 5.85. The number of ether oxygens (including phenoxy) is 2. The third kappa shape index (κ3) is 3.76. The summed E-state index contributed by atoms with van der Waals surface area (Å²) in [7, 11) is 1.72. The molecule has 0 spiro atoms. The van der Waals surface area contributed by atoms with Gasteiger partial charge in [0, 0.05) is 60.4 Å². The van der Waals surface area contributed by atoms with Gasteiger partial charge in [0.15, 0.2) is 5.65 Å². The zero-order chi connectivity index (χ0) is 23.1. The Balaban J connectivity index is 1.47. The van der Waals surface area contributed by atoms with E-state index < -0.39 is 0 Å². The molecule has 0 amide bonds. The second-order valence-electron chi connectivity index (χ2n) is 9.37. The molecule has 0 unspecified atom stereocenters. The maximum Gasteiger partial charge on any atom is 0.334 e. The van der Waals surface area contributed by atoms with Gasteiger partial charge in [0.05, 0.1) is 24.8 Å². The molecule has 0 saturated carbocycles. The average molecular weight is 460 g/mol. The predicted molar refractivity (Wildman–Crippen MR) is 132 cm³/mol. The van der Waals surface area contributed by atoms with E-state index in [0.717, 1.165) is 64.7 Å². The number of hydrogen-bond donors (Lipinski definition) is 1. The third-order valence-corrected chi connectivity index (χ3v) is 7.09. The molecule has 1 N–H and O–H groups in total. The Kier molecular flexibility index (Phi) is 5.55. The molecule has 1 aliphatic carbocycles. The number of hydrogen-bond acceptors (Lipinski definition) is 5. The summed E-state index contributed by atoms with van der Waals surface area (Å²) in [5.74, 6) is 0.206. The summed E-state index contributed by atoms with van der Waals surface area (Å²) in [4.78, 5) is 26.2. The van der Waals surface area contributed by atoms with Crippen LogP contribution in [0.2, 0.25) is 0 Å². The molecule has 4 aromatic rings. The predicted octanol–water partition coefficient (Wildman–Crippen LogP) is 4.21. The second kappa shape index (κ2) is 8.85. The molecule has 8 heteroatoms. The Morgan fingerprint density at radius 3 is 2.91 bits per heavy atom. The standard InChI is InChI=1S/C26H29N5O3/c1-33-22-9-17(15-34-16-22)14-30-23-11-20(19-10-18-7-8-27-24(18)28-12-19)13-29-25(23)31(26(30)32)21-5-3-2-4-6-21/h5,7-8,10-13,17,22H,2-4,6,9,14-16H2,1H3,(H,27,28)/t17-,22-/m0/s1. The van der Waals surface area contributed by atoms with Gasteiger partial charge in [0.1, 0.15) is 5.65 Å². The molecule has 176 valence electrons. The molecular formula is C26H29N5O3. The van der Waals surface area contributed by atoms with E-state index in [9.17, 15) is 4.79 Å². The van der Waals surface area contributed by atoms with Crippen molar-refractivity contribution in [1.29, 1.82) is 0 Å². The van der Waals surface area contributed by atoms with Crippen molar-refractivity contribution in [2.45, 2.75) is 44.8 Å². The fourth-order valence-corrected chi connectivity index (χ4v) is 5.27. The van der Waals surface area contributed by atoms with Gasteiger partial charge in [-0.1, -0.05) is 6.08 Å². The molecule has 34 heavy (non-hydrogen) atoms. The van der Waals surface area contributed by atoms with Gasteiger partial charge in [-0.3, -0.25) is 4.57 Å². The molecule has 0 aromatic carbocycles. The number of fused-ring (bicyclic) bond motifs is 2. The van der Waals surface area contributed by atoms with Crippen LogP contribution in [0.3, 0.4) is 0 Å². The van der Waals surface area contributed by atoms with Crippen LogP contribution in [-0.4, -0.2) is 50.5 Å². The Hall–Kier alpha value is -3.23. The van der Waals surface area contributed by atoms with Gasteiger partial charge in [-0.05, 0) is 50.3 Å². The number of nitrogens with zero attached hydrogens (tertiary/aromatic N) is 4. The summed E-state index contributed by atoms with van der Waals surface area (Å²) in [5.41, 5.74) is 5.39. The summed E-state index contributed by atoms with van der Waals surface area (Å²) in [6.45, 7) is 1.81. The molecule has 0 radical (unpaired) electrons. The van der Waals surface area contributed by atoms with Crippen molar-refractivity contribution in [3.05, 3.63) is 53.3 Å². The highest BCUT2D eigenvalue weighted by Gasteiger charge is 2.26. The summed E-state index contributed by atoms with van der Waals surface area (Å²) in [5, 5.41) is 1.05. The number of rotatable bonds is 5. The first-order chi connectivity index (χ1) is 16.7. The van der Waals surface area contributed by atoms with Gasteiger partial charge < -0.3 is 14.5 Å². The topological polar surface area (TPSA) is 87.0 Å². The van der Waals surface area contributed by atoms with Crippen molar-refractivity contribution >= 4 is 27.9 Å². The summed E-state index contributed by atoms with van der Waals surface area (Å²) in [6.07, 6.45) is 12.9. The molecule has 2 aliphatic rings. The minimum Gasteiger partial charge on any atom is -0.379 e. The van der Waals surface area contributed by atoms with Crippen LogP contribution in [0.25, 0.3) is 39.0 Å². The maximum atomic E-state index is 13.8. The Morgan fingerprint density at radius 2 is 2.06 bits per heavy atom. The van der Waals surface area contributed by atoms with E-state index in [1.165, 1.54) is 6.42 Å². The molecular weight excluding hydrogens is 430 g/mol. The van der Waals surface area contributed by atoms with Crippen LogP contribution in [0.5, 0.6) is 0 Å². The van der Waals surface area contributed by atoms with Crippen molar-refractivity contribution in [2.75, 3.05) is 20.3 Å². The fraction of sp³-hybridized carbons (Fsp3) is 0.423. The van der Waals surface area contributed by atoms with Crippen LogP contribution >= 0.6 is 0 Å². The quantitative estimate of drug-likeness (QED) is 0.483. The van der Waals surface area contributed by atoms with Crippen LogP contribution in [0.4, 0.5) is 0 Å². The van der Waals surface area contributed by atoms with Crippen molar-refractivity contribution in [3.63, 3.8) is 0 Å². The number of pyridine rings is 2. The van der Waals surface area contributed by atoms with E-state index in [1.807, 2.05) is 33.8 Å². The van der Waals surface area contributed by atoms with E-state index in [-0.39, 0.29) is 17.7 Å². The molecule has 8 nitrogen and oxygen atoms in total. The van der Waals surface area contributed by atoms with Crippen LogP contribution in [0, 0.1) is 5.92 Å². The molecule has 0 bridgehead atoms. The number of imidazole rings is 1. The first kappa shape index (κ1) is 21.3. The maximum absolute atomic E-state index is 13.8. The van der Waals surface area contributed by atoms with Crippen molar-refractivity contribution in [2.24, 2.45) is 5.92 Å². The van der Waals surface area contributed by atoms with Crippen molar-refractivity contribution < 1.29 is 9.47 Å². The zero-order valence-corrected chi connectivity index (χ0v) is 19.4. The van der Waals surface area contributed by atoms with Gasteiger partial charge in [-0.15, -0.1) is 0 Å². The smallest absolute Gasteiger partial charge is 0.334 e. The van der Waals surface area contributed by atoms with Crippen molar-refractivity contribution in [1.82, 2.24) is 24.1 Å². The summed E-state index contributed by atoms with van der Waals surface area (Å²) < 4.78 is 15.0. The highest BCUT2D eigenvalue weighted by Crippen LogP contribution is 2.29. The summed E-state index contributed by atoms with van der Waals surface area (Å²) in [6, 6.07) is 6.19. The normalized spacial score (nSPS) is 21.3. The minimum atomic E-state index is -0.0217. The first-order valence-corrected chi connectivity index (χ1v) is 12.1. The first-order valence-electron chi connectivity index (χ1n) is 12.1. The number of nitrogens with one attached hydrogen (secondary N) is 1. The number of aromatic nitrogens is 5. The van der Waals surface area contributed by atoms with Crippen LogP contribution in [-0.2, 0) is 16.0 Å². The fourth-order valence-electron chi connectivity index (χ4n) is 5.27.